The molecule has 242 valence electrons. The lowest BCUT2D eigenvalue weighted by atomic mass is 9.82. The number of H-pyrrole nitrogens is 1. The summed E-state index contributed by atoms with van der Waals surface area (Å²) in [6, 6.07) is 10.6. The molecule has 0 bridgehead atoms. The number of hydrogen-bond acceptors (Lipinski definition) is 7. The fourth-order valence-corrected chi connectivity index (χ4v) is 5.22. The van der Waals surface area contributed by atoms with Gasteiger partial charge >= 0.3 is 12.1 Å². The number of unbranched alkanes of at least 4 members (excludes halogenated alkanes) is 1. The number of hydrogen-bond donors (Lipinski definition) is 2. The SMILES string of the molecule is CCCCOC1(c2ccccc2C)CN(C(=O)C(Cc2ccc(OC)cc2OC(=O)C(F)(F)F)NC(=O)CCc2cnc[nH]2)C1. The third-order valence-corrected chi connectivity index (χ3v) is 7.66. The van der Waals surface area contributed by atoms with E-state index in [-0.39, 0.29) is 37.2 Å². The maximum absolute atomic E-state index is 14.0. The minimum absolute atomic E-state index is 0.0256. The highest BCUT2D eigenvalue weighted by Crippen LogP contribution is 2.39. The first-order valence-corrected chi connectivity index (χ1v) is 14.7. The number of carbonyl (C=O) groups is 3. The van der Waals surface area contributed by atoms with Crippen molar-refractivity contribution in [3.05, 3.63) is 77.4 Å². The zero-order valence-electron chi connectivity index (χ0n) is 25.4. The first kappa shape index (κ1) is 33.5. The Morgan fingerprint density at radius 1 is 1.16 bits per heavy atom. The van der Waals surface area contributed by atoms with Gasteiger partial charge in [0.05, 0.1) is 26.5 Å². The van der Waals surface area contributed by atoms with Crippen LogP contribution in [0.25, 0.3) is 0 Å². The van der Waals surface area contributed by atoms with Crippen LogP contribution in [0.3, 0.4) is 0 Å². The molecule has 4 rings (SSSR count). The molecule has 0 saturated carbocycles. The number of rotatable bonds is 14. The number of aryl methyl sites for hydroxylation is 2. The predicted octanol–water partition coefficient (Wildman–Crippen LogP) is 4.41. The number of aromatic amines is 1. The van der Waals surface area contributed by atoms with Crippen LogP contribution in [0.15, 0.2) is 55.0 Å². The van der Waals surface area contributed by atoms with Crippen molar-refractivity contribution in [2.45, 2.75) is 63.8 Å². The van der Waals surface area contributed by atoms with Gasteiger partial charge in [0.25, 0.3) is 0 Å². The fourth-order valence-electron chi connectivity index (χ4n) is 5.22. The van der Waals surface area contributed by atoms with Crippen LogP contribution < -0.4 is 14.8 Å². The maximum atomic E-state index is 14.0. The van der Waals surface area contributed by atoms with E-state index >= 15 is 0 Å². The number of alkyl halides is 3. The van der Waals surface area contributed by atoms with Crippen LogP contribution in [-0.4, -0.2) is 71.7 Å². The van der Waals surface area contributed by atoms with Crippen molar-refractivity contribution in [3.8, 4) is 11.5 Å². The number of benzene rings is 2. The molecule has 10 nitrogen and oxygen atoms in total. The van der Waals surface area contributed by atoms with Gasteiger partial charge in [-0.1, -0.05) is 43.7 Å². The highest BCUT2D eigenvalue weighted by Gasteiger charge is 2.49. The van der Waals surface area contributed by atoms with Gasteiger partial charge in [-0.2, -0.15) is 13.2 Å². The number of nitrogens with zero attached hydrogens (tertiary/aromatic N) is 2. The Labute approximate surface area is 259 Å². The van der Waals surface area contributed by atoms with Crippen molar-refractivity contribution in [3.63, 3.8) is 0 Å². The van der Waals surface area contributed by atoms with Crippen molar-refractivity contribution in [2.24, 2.45) is 0 Å². The molecule has 13 heteroatoms. The van der Waals surface area contributed by atoms with E-state index in [1.54, 1.807) is 11.1 Å². The molecule has 1 aliphatic heterocycles. The van der Waals surface area contributed by atoms with E-state index in [0.717, 1.165) is 35.7 Å². The molecule has 2 N–H and O–H groups in total. The predicted molar refractivity (Wildman–Crippen MR) is 158 cm³/mol. The third-order valence-electron chi connectivity index (χ3n) is 7.66. The summed E-state index contributed by atoms with van der Waals surface area (Å²) in [6.45, 7) is 4.97. The molecule has 1 atom stereocenters. The molecule has 45 heavy (non-hydrogen) atoms. The van der Waals surface area contributed by atoms with Crippen molar-refractivity contribution in [1.82, 2.24) is 20.2 Å². The quantitative estimate of drug-likeness (QED) is 0.154. The number of aromatic nitrogens is 2. The molecule has 2 heterocycles. The lowest BCUT2D eigenvalue weighted by Crippen LogP contribution is -2.66. The minimum atomic E-state index is -5.25. The number of amides is 2. The van der Waals surface area contributed by atoms with Gasteiger partial charge in [0.15, 0.2) is 0 Å². The molecule has 0 aliphatic carbocycles. The summed E-state index contributed by atoms with van der Waals surface area (Å²) in [6.07, 6.45) is -0.296. The number of esters is 1. The molecular formula is C32H37F3N4O6. The van der Waals surface area contributed by atoms with Gasteiger partial charge < -0.3 is 29.4 Å². The van der Waals surface area contributed by atoms with Crippen LogP contribution in [0.5, 0.6) is 11.5 Å². The van der Waals surface area contributed by atoms with Gasteiger partial charge in [-0.25, -0.2) is 9.78 Å². The van der Waals surface area contributed by atoms with Gasteiger partial charge in [-0.15, -0.1) is 0 Å². The van der Waals surface area contributed by atoms with E-state index < -0.39 is 41.4 Å². The summed E-state index contributed by atoms with van der Waals surface area (Å²) in [5.41, 5.74) is 2.06. The van der Waals surface area contributed by atoms with E-state index in [1.165, 1.54) is 25.6 Å². The second-order valence-corrected chi connectivity index (χ2v) is 11.0. The standard InChI is InChI=1S/C32H37F3N4O6/c1-4-5-14-44-31(25-9-7-6-8-21(25)2)18-39(19-31)29(41)26(38-28(40)13-11-23-17-36-20-37-23)15-22-10-12-24(43-3)16-27(22)45-30(42)32(33,34)35/h6-10,12,16-17,20,26H,4-5,11,13-15,18-19H2,1-3H3,(H,36,37)(H,38,40). The Morgan fingerprint density at radius 2 is 1.91 bits per heavy atom. The first-order valence-electron chi connectivity index (χ1n) is 14.7. The zero-order valence-corrected chi connectivity index (χ0v) is 25.4. The number of imidazole rings is 1. The lowest BCUT2D eigenvalue weighted by molar-refractivity contribution is -0.189. The molecule has 2 aromatic carbocycles. The second-order valence-electron chi connectivity index (χ2n) is 11.0. The average Bonchev–Trinajstić information content (AvgIpc) is 3.51. The minimum Gasteiger partial charge on any atom is -0.497 e. The van der Waals surface area contributed by atoms with E-state index in [9.17, 15) is 27.6 Å². The van der Waals surface area contributed by atoms with E-state index in [2.05, 4.69) is 26.9 Å². The molecule has 2 amide bonds. The largest absolute Gasteiger partial charge is 0.497 e. The van der Waals surface area contributed by atoms with Gasteiger partial charge in [0.2, 0.25) is 11.8 Å². The van der Waals surface area contributed by atoms with Crippen molar-refractivity contribution in [1.29, 1.82) is 0 Å². The lowest BCUT2D eigenvalue weighted by Gasteiger charge is -2.51. The normalized spacial score (nSPS) is 14.8. The maximum Gasteiger partial charge on any atom is 0.491 e. The van der Waals surface area contributed by atoms with Crippen LogP contribution in [0.1, 0.15) is 48.6 Å². The van der Waals surface area contributed by atoms with Crippen LogP contribution in [-0.2, 0) is 37.6 Å². The van der Waals surface area contributed by atoms with Crippen molar-refractivity contribution < 1.29 is 41.8 Å². The molecule has 3 aromatic rings. The Morgan fingerprint density at radius 3 is 2.56 bits per heavy atom. The summed E-state index contributed by atoms with van der Waals surface area (Å²) in [7, 11) is 1.31. The second kappa shape index (κ2) is 14.6. The summed E-state index contributed by atoms with van der Waals surface area (Å²) in [4.78, 5) is 47.1. The van der Waals surface area contributed by atoms with E-state index in [1.807, 2.05) is 31.2 Å². The van der Waals surface area contributed by atoms with Crippen molar-refractivity contribution >= 4 is 17.8 Å². The molecule has 0 spiro atoms. The Bertz CT molecular complexity index is 1470. The molecule has 0 radical (unpaired) electrons. The Balaban J connectivity index is 1.59. The Kier molecular flexibility index (Phi) is 10.9. The van der Waals surface area contributed by atoms with Crippen LogP contribution in [0.2, 0.25) is 0 Å². The highest BCUT2D eigenvalue weighted by atomic mass is 19.4. The first-order chi connectivity index (χ1) is 21.5. The number of carbonyl (C=O) groups excluding carboxylic acids is 3. The highest BCUT2D eigenvalue weighted by molar-refractivity contribution is 5.89. The monoisotopic (exact) mass is 630 g/mol. The summed E-state index contributed by atoms with van der Waals surface area (Å²) < 4.78 is 55.4. The topological polar surface area (TPSA) is 123 Å². The van der Waals surface area contributed by atoms with Gasteiger partial charge in [-0.3, -0.25) is 9.59 Å². The number of likely N-dealkylation sites (tertiary alicyclic amines) is 1. The molecule has 1 fully saturated rings. The molecule has 1 aromatic heterocycles. The molecule has 1 aliphatic rings. The summed E-state index contributed by atoms with van der Waals surface area (Å²) in [5, 5.41) is 2.75. The summed E-state index contributed by atoms with van der Waals surface area (Å²) >= 11 is 0. The summed E-state index contributed by atoms with van der Waals surface area (Å²) in [5.74, 6) is -3.60. The van der Waals surface area contributed by atoms with Gasteiger partial charge in [0.1, 0.15) is 23.1 Å². The number of methoxy groups -OCH3 is 1. The zero-order chi connectivity index (χ0) is 32.6. The number of ether oxygens (including phenoxy) is 3. The van der Waals surface area contributed by atoms with Crippen LogP contribution >= 0.6 is 0 Å². The Hall–Kier alpha value is -4.39. The van der Waals surface area contributed by atoms with Gasteiger partial charge in [0, 0.05) is 37.4 Å². The molecular weight excluding hydrogens is 593 g/mol. The molecule has 1 unspecified atom stereocenters. The smallest absolute Gasteiger partial charge is 0.491 e. The van der Waals surface area contributed by atoms with Crippen LogP contribution in [0.4, 0.5) is 13.2 Å². The fraction of sp³-hybridized carbons (Fsp3) is 0.438. The average molecular weight is 631 g/mol. The van der Waals surface area contributed by atoms with E-state index in [0.29, 0.717) is 13.0 Å². The third kappa shape index (κ3) is 8.41. The van der Waals surface area contributed by atoms with E-state index in [4.69, 9.17) is 9.47 Å². The number of nitrogens with one attached hydrogen (secondary N) is 2. The van der Waals surface area contributed by atoms with Crippen LogP contribution in [0, 0.1) is 6.92 Å². The molecule has 1 saturated heterocycles. The number of halogens is 3. The van der Waals surface area contributed by atoms with Crippen molar-refractivity contribution in [2.75, 3.05) is 26.8 Å². The van der Waals surface area contributed by atoms with Gasteiger partial charge in [-0.05, 0) is 42.5 Å².